The molecule has 1 amide bonds. The van der Waals surface area contributed by atoms with Gasteiger partial charge in [0.2, 0.25) is 5.91 Å². The van der Waals surface area contributed by atoms with Gasteiger partial charge in [-0.1, -0.05) is 19.3 Å². The lowest BCUT2D eigenvalue weighted by atomic mass is 9.88. The van der Waals surface area contributed by atoms with E-state index in [4.69, 9.17) is 4.74 Å². The van der Waals surface area contributed by atoms with E-state index in [0.717, 1.165) is 57.9 Å². The minimum absolute atomic E-state index is 0.200. The molecule has 6 heteroatoms. The van der Waals surface area contributed by atoms with Gasteiger partial charge in [-0.25, -0.2) is 4.98 Å². The van der Waals surface area contributed by atoms with Crippen molar-refractivity contribution in [3.05, 3.63) is 18.2 Å². The Morgan fingerprint density at radius 1 is 1.38 bits per heavy atom. The number of aryl methyl sites for hydroxylation is 1. The van der Waals surface area contributed by atoms with Crippen LogP contribution in [0.1, 0.15) is 44.3 Å². The Kier molecular flexibility index (Phi) is 6.26. The van der Waals surface area contributed by atoms with E-state index >= 15 is 0 Å². The number of morpholine rings is 1. The smallest absolute Gasteiger partial charge is 0.223 e. The Bertz CT molecular complexity index is 525. The molecule has 1 aliphatic heterocycles. The van der Waals surface area contributed by atoms with Gasteiger partial charge in [0.05, 0.1) is 19.3 Å². The molecule has 1 unspecified atom stereocenters. The maximum absolute atomic E-state index is 12.2. The van der Waals surface area contributed by atoms with Crippen LogP contribution in [-0.4, -0.2) is 52.7 Å². The van der Waals surface area contributed by atoms with Gasteiger partial charge in [0.15, 0.2) is 0 Å². The van der Waals surface area contributed by atoms with Gasteiger partial charge in [0, 0.05) is 45.0 Å². The molecule has 1 saturated heterocycles. The van der Waals surface area contributed by atoms with Crippen LogP contribution in [0.3, 0.4) is 0 Å². The highest BCUT2D eigenvalue weighted by Crippen LogP contribution is 2.23. The van der Waals surface area contributed by atoms with E-state index in [1.807, 2.05) is 19.4 Å². The van der Waals surface area contributed by atoms with E-state index in [1.54, 1.807) is 0 Å². The maximum atomic E-state index is 12.2. The van der Waals surface area contributed by atoms with Gasteiger partial charge in [-0.05, 0) is 19.3 Å². The molecule has 2 fully saturated rings. The first-order valence-electron chi connectivity index (χ1n) is 9.30. The van der Waals surface area contributed by atoms with Crippen LogP contribution in [-0.2, 0) is 23.1 Å². The second-order valence-corrected chi connectivity index (χ2v) is 7.10. The molecule has 0 bridgehead atoms. The van der Waals surface area contributed by atoms with E-state index in [1.165, 1.54) is 19.3 Å². The highest BCUT2D eigenvalue weighted by Gasteiger charge is 2.23. The summed E-state index contributed by atoms with van der Waals surface area (Å²) >= 11 is 0. The van der Waals surface area contributed by atoms with Gasteiger partial charge in [-0.2, -0.15) is 0 Å². The van der Waals surface area contributed by atoms with Crippen molar-refractivity contribution < 1.29 is 9.53 Å². The first kappa shape index (κ1) is 17.4. The zero-order valence-corrected chi connectivity index (χ0v) is 14.7. The molecule has 2 heterocycles. The Balaban J connectivity index is 1.37. The molecule has 1 aromatic heterocycles. The Morgan fingerprint density at radius 3 is 2.96 bits per heavy atom. The minimum Gasteiger partial charge on any atom is -0.375 e. The number of ether oxygens (including phenoxy) is 1. The normalized spacial score (nSPS) is 23.3. The monoisotopic (exact) mass is 334 g/mol. The summed E-state index contributed by atoms with van der Waals surface area (Å²) in [4.78, 5) is 19.0. The molecule has 1 aromatic rings. The van der Waals surface area contributed by atoms with Crippen LogP contribution in [0.2, 0.25) is 0 Å². The molecule has 24 heavy (non-hydrogen) atoms. The summed E-state index contributed by atoms with van der Waals surface area (Å²) in [5.74, 6) is 1.57. The first-order valence-corrected chi connectivity index (χ1v) is 9.30. The fourth-order valence-electron chi connectivity index (χ4n) is 3.71. The number of aromatic nitrogens is 2. The quantitative estimate of drug-likeness (QED) is 0.860. The number of carbonyl (C=O) groups excluding carboxylic acids is 1. The summed E-state index contributed by atoms with van der Waals surface area (Å²) in [6.07, 6.45) is 10.7. The number of nitrogens with zero attached hydrogens (tertiary/aromatic N) is 3. The van der Waals surface area contributed by atoms with E-state index in [9.17, 15) is 4.79 Å². The van der Waals surface area contributed by atoms with Gasteiger partial charge in [-0.3, -0.25) is 9.69 Å². The number of hydrogen-bond acceptors (Lipinski definition) is 4. The second-order valence-electron chi connectivity index (χ2n) is 7.10. The van der Waals surface area contributed by atoms with Gasteiger partial charge in [0.1, 0.15) is 5.82 Å². The van der Waals surface area contributed by atoms with Crippen LogP contribution in [0.15, 0.2) is 12.4 Å². The van der Waals surface area contributed by atoms with Gasteiger partial charge in [0.25, 0.3) is 0 Å². The van der Waals surface area contributed by atoms with Crippen molar-refractivity contribution in [1.82, 2.24) is 19.8 Å². The number of imidazole rings is 1. The van der Waals surface area contributed by atoms with Crippen molar-refractivity contribution in [1.29, 1.82) is 0 Å². The number of hydrogen-bond donors (Lipinski definition) is 1. The van der Waals surface area contributed by atoms with Crippen LogP contribution in [0, 0.1) is 5.92 Å². The van der Waals surface area contributed by atoms with Crippen LogP contribution in [0.25, 0.3) is 0 Å². The molecule has 3 rings (SSSR count). The third kappa shape index (κ3) is 4.80. The topological polar surface area (TPSA) is 59.4 Å². The molecule has 1 saturated carbocycles. The molecule has 1 atom stereocenters. The van der Waals surface area contributed by atoms with Crippen LogP contribution >= 0.6 is 0 Å². The van der Waals surface area contributed by atoms with Crippen molar-refractivity contribution >= 4 is 5.91 Å². The fraction of sp³-hybridized carbons (Fsp3) is 0.778. The summed E-state index contributed by atoms with van der Waals surface area (Å²) in [6.45, 7) is 4.18. The zero-order valence-electron chi connectivity index (χ0n) is 14.7. The van der Waals surface area contributed by atoms with Crippen molar-refractivity contribution in [3.63, 3.8) is 0 Å². The highest BCUT2D eigenvalue weighted by atomic mass is 16.5. The average molecular weight is 334 g/mol. The molecule has 6 nitrogen and oxygen atoms in total. The largest absolute Gasteiger partial charge is 0.375 e. The summed E-state index contributed by atoms with van der Waals surface area (Å²) in [5, 5.41) is 3.12. The van der Waals surface area contributed by atoms with Gasteiger partial charge in [-0.15, -0.1) is 0 Å². The predicted octanol–water partition coefficient (Wildman–Crippen LogP) is 1.71. The summed E-state index contributed by atoms with van der Waals surface area (Å²) in [7, 11) is 2.03. The molecule has 2 aliphatic rings. The molecule has 1 N–H and O–H groups in total. The van der Waals surface area contributed by atoms with E-state index in [0.29, 0.717) is 0 Å². The first-order chi connectivity index (χ1) is 11.7. The molecule has 0 spiro atoms. The van der Waals surface area contributed by atoms with E-state index < -0.39 is 0 Å². The fourth-order valence-corrected chi connectivity index (χ4v) is 3.71. The average Bonchev–Trinajstić information content (AvgIpc) is 3.01. The zero-order chi connectivity index (χ0) is 16.8. The standard InChI is InChI=1S/C18H30N4O2/c1-21-10-9-19-17(21)14-22-11-12-24-16(13-22)7-8-20-18(23)15-5-3-2-4-6-15/h9-10,15-16H,2-8,11-14H2,1H3,(H,20,23). The van der Waals surface area contributed by atoms with Crippen LogP contribution < -0.4 is 5.32 Å². The third-order valence-corrected chi connectivity index (χ3v) is 5.25. The number of carbonyl (C=O) groups is 1. The van der Waals surface area contributed by atoms with E-state index in [-0.39, 0.29) is 17.9 Å². The Morgan fingerprint density at radius 2 is 2.21 bits per heavy atom. The lowest BCUT2D eigenvalue weighted by Gasteiger charge is -2.32. The second kappa shape index (κ2) is 8.62. The lowest BCUT2D eigenvalue weighted by molar-refractivity contribution is -0.126. The molecule has 134 valence electrons. The van der Waals surface area contributed by atoms with Crippen LogP contribution in [0.5, 0.6) is 0 Å². The molecule has 1 aliphatic carbocycles. The SMILES string of the molecule is Cn1ccnc1CN1CCOC(CCNC(=O)C2CCCCC2)C1. The highest BCUT2D eigenvalue weighted by molar-refractivity contribution is 5.78. The number of amides is 1. The van der Waals surface area contributed by atoms with Crippen molar-refractivity contribution in [3.8, 4) is 0 Å². The van der Waals surface area contributed by atoms with Crippen LogP contribution in [0.4, 0.5) is 0 Å². The third-order valence-electron chi connectivity index (χ3n) is 5.25. The maximum Gasteiger partial charge on any atom is 0.223 e. The molecular weight excluding hydrogens is 304 g/mol. The number of rotatable bonds is 6. The summed E-state index contributed by atoms with van der Waals surface area (Å²) < 4.78 is 7.93. The minimum atomic E-state index is 0.200. The van der Waals surface area contributed by atoms with Gasteiger partial charge < -0.3 is 14.6 Å². The van der Waals surface area contributed by atoms with E-state index in [2.05, 4.69) is 19.8 Å². The van der Waals surface area contributed by atoms with Crippen molar-refractivity contribution in [2.24, 2.45) is 13.0 Å². The Hall–Kier alpha value is -1.40. The van der Waals surface area contributed by atoms with Gasteiger partial charge >= 0.3 is 0 Å². The molecule has 0 aromatic carbocycles. The lowest BCUT2D eigenvalue weighted by Crippen LogP contribution is -2.44. The Labute approximate surface area is 144 Å². The van der Waals surface area contributed by atoms with Crippen molar-refractivity contribution in [2.75, 3.05) is 26.2 Å². The predicted molar refractivity (Wildman–Crippen MR) is 92.4 cm³/mol. The molecular formula is C18H30N4O2. The van der Waals surface area contributed by atoms with Crippen molar-refractivity contribution in [2.45, 2.75) is 51.2 Å². The number of nitrogens with one attached hydrogen (secondary N) is 1. The summed E-state index contributed by atoms with van der Waals surface area (Å²) in [5.41, 5.74) is 0. The molecule has 0 radical (unpaired) electrons. The summed E-state index contributed by atoms with van der Waals surface area (Å²) in [6, 6.07) is 0.